The number of carbonyl (C=O) groups excluding carboxylic acids is 1. The summed E-state index contributed by atoms with van der Waals surface area (Å²) >= 11 is 0. The topological polar surface area (TPSA) is 65.4 Å². The van der Waals surface area contributed by atoms with Crippen LogP contribution in [0.1, 0.15) is 62.3 Å². The number of rotatable bonds is 8. The molecule has 1 aromatic carbocycles. The summed E-state index contributed by atoms with van der Waals surface area (Å²) in [7, 11) is 3.41. The molecule has 0 unspecified atom stereocenters. The molecule has 0 radical (unpaired) electrons. The van der Waals surface area contributed by atoms with Crippen LogP contribution in [0, 0.1) is 0 Å². The Morgan fingerprint density at radius 1 is 1.22 bits per heavy atom. The van der Waals surface area contributed by atoms with Gasteiger partial charge in [-0.3, -0.25) is 9.48 Å². The fourth-order valence-electron chi connectivity index (χ4n) is 2.59. The lowest BCUT2D eigenvalue weighted by Crippen LogP contribution is -2.25. The van der Waals surface area contributed by atoms with E-state index in [4.69, 9.17) is 9.47 Å². The number of methoxy groups -OCH3 is 1. The molecule has 1 amide bonds. The molecule has 0 bridgehead atoms. The first-order valence-electron chi connectivity index (χ1n) is 9.38. The van der Waals surface area contributed by atoms with Crippen LogP contribution in [-0.4, -0.2) is 29.4 Å². The normalized spacial score (nSPS) is 11.3. The van der Waals surface area contributed by atoms with E-state index < -0.39 is 0 Å². The minimum Gasteiger partial charge on any atom is -0.493 e. The molecular weight excluding hydrogens is 342 g/mol. The van der Waals surface area contributed by atoms with Crippen LogP contribution in [0.2, 0.25) is 0 Å². The van der Waals surface area contributed by atoms with Gasteiger partial charge in [-0.1, -0.05) is 40.2 Å². The van der Waals surface area contributed by atoms with Crippen LogP contribution < -0.4 is 14.8 Å². The SMILES string of the molecule is CCCCOc1ccc(CNC(=O)c2cc(C(C)(C)C)nn2C)cc1OC. The van der Waals surface area contributed by atoms with Crippen molar-refractivity contribution in [2.45, 2.75) is 52.5 Å². The summed E-state index contributed by atoms with van der Waals surface area (Å²) in [6.45, 7) is 9.42. The van der Waals surface area contributed by atoms with Gasteiger partial charge in [0.1, 0.15) is 5.69 Å². The van der Waals surface area contributed by atoms with Gasteiger partial charge in [0.25, 0.3) is 5.91 Å². The number of benzene rings is 1. The molecule has 27 heavy (non-hydrogen) atoms. The maximum absolute atomic E-state index is 12.5. The molecule has 0 aliphatic heterocycles. The van der Waals surface area contributed by atoms with Gasteiger partial charge in [0, 0.05) is 19.0 Å². The predicted octanol–water partition coefficient (Wildman–Crippen LogP) is 3.84. The summed E-state index contributed by atoms with van der Waals surface area (Å²) in [6, 6.07) is 7.57. The number of nitrogens with one attached hydrogen (secondary N) is 1. The van der Waals surface area contributed by atoms with E-state index in [9.17, 15) is 4.79 Å². The summed E-state index contributed by atoms with van der Waals surface area (Å²) in [5.41, 5.74) is 2.29. The molecule has 0 fully saturated rings. The highest BCUT2D eigenvalue weighted by Crippen LogP contribution is 2.28. The summed E-state index contributed by atoms with van der Waals surface area (Å²) in [6.07, 6.45) is 2.08. The zero-order valence-corrected chi connectivity index (χ0v) is 17.3. The second-order valence-corrected chi connectivity index (χ2v) is 7.66. The highest BCUT2D eigenvalue weighted by molar-refractivity contribution is 5.92. The largest absolute Gasteiger partial charge is 0.493 e. The van der Waals surface area contributed by atoms with E-state index in [1.54, 1.807) is 18.8 Å². The van der Waals surface area contributed by atoms with E-state index in [0.717, 1.165) is 29.8 Å². The maximum atomic E-state index is 12.5. The number of unbranched alkanes of at least 4 members (excludes halogenated alkanes) is 1. The number of aromatic nitrogens is 2. The smallest absolute Gasteiger partial charge is 0.269 e. The number of hydrogen-bond acceptors (Lipinski definition) is 4. The monoisotopic (exact) mass is 373 g/mol. The lowest BCUT2D eigenvalue weighted by atomic mass is 9.92. The molecule has 1 heterocycles. The lowest BCUT2D eigenvalue weighted by molar-refractivity contribution is 0.0941. The molecule has 2 aromatic rings. The second kappa shape index (κ2) is 8.93. The molecule has 148 valence electrons. The Hall–Kier alpha value is -2.50. The molecule has 1 aromatic heterocycles. The minimum atomic E-state index is -0.150. The first kappa shape index (κ1) is 20.8. The van der Waals surface area contributed by atoms with Gasteiger partial charge < -0.3 is 14.8 Å². The fraction of sp³-hybridized carbons (Fsp3) is 0.524. The zero-order valence-electron chi connectivity index (χ0n) is 17.3. The van der Waals surface area contributed by atoms with Gasteiger partial charge in [-0.05, 0) is 30.2 Å². The molecule has 6 nitrogen and oxygen atoms in total. The number of ether oxygens (including phenoxy) is 2. The number of carbonyl (C=O) groups is 1. The molecule has 0 saturated heterocycles. The van der Waals surface area contributed by atoms with E-state index in [0.29, 0.717) is 24.6 Å². The summed E-state index contributed by atoms with van der Waals surface area (Å²) in [5.74, 6) is 1.25. The molecular formula is C21H31N3O3. The standard InChI is InChI=1S/C21H31N3O3/c1-7-8-11-27-17-10-9-15(12-18(17)26-6)14-22-20(25)16-13-19(21(2,3)4)23-24(16)5/h9-10,12-13H,7-8,11,14H2,1-6H3,(H,22,25). The zero-order chi connectivity index (χ0) is 20.0. The molecule has 0 atom stereocenters. The molecule has 0 spiro atoms. The Bertz CT molecular complexity index is 775. The first-order chi connectivity index (χ1) is 12.8. The van der Waals surface area contributed by atoms with Crippen molar-refractivity contribution in [2.24, 2.45) is 7.05 Å². The Morgan fingerprint density at radius 3 is 2.56 bits per heavy atom. The second-order valence-electron chi connectivity index (χ2n) is 7.66. The first-order valence-corrected chi connectivity index (χ1v) is 9.38. The van der Waals surface area contributed by atoms with E-state index >= 15 is 0 Å². The predicted molar refractivity (Wildman–Crippen MR) is 106 cm³/mol. The van der Waals surface area contributed by atoms with Crippen molar-refractivity contribution in [3.8, 4) is 11.5 Å². The van der Waals surface area contributed by atoms with Gasteiger partial charge in [-0.2, -0.15) is 5.10 Å². The van der Waals surface area contributed by atoms with Crippen molar-refractivity contribution >= 4 is 5.91 Å². The quantitative estimate of drug-likeness (QED) is 0.714. The van der Waals surface area contributed by atoms with Crippen LogP contribution in [0.3, 0.4) is 0 Å². The van der Waals surface area contributed by atoms with Crippen LogP contribution in [0.5, 0.6) is 11.5 Å². The van der Waals surface area contributed by atoms with Crippen molar-refractivity contribution < 1.29 is 14.3 Å². The number of aryl methyl sites for hydroxylation is 1. The van der Waals surface area contributed by atoms with Gasteiger partial charge in [0.2, 0.25) is 0 Å². The number of amides is 1. The van der Waals surface area contributed by atoms with Crippen LogP contribution >= 0.6 is 0 Å². The Labute approximate surface area is 161 Å². The summed E-state index contributed by atoms with van der Waals surface area (Å²) in [4.78, 5) is 12.5. The third-order valence-corrected chi connectivity index (χ3v) is 4.32. The molecule has 0 aliphatic carbocycles. The molecule has 6 heteroatoms. The van der Waals surface area contributed by atoms with Gasteiger partial charge in [0.15, 0.2) is 11.5 Å². The highest BCUT2D eigenvalue weighted by atomic mass is 16.5. The third kappa shape index (κ3) is 5.49. The van der Waals surface area contributed by atoms with Crippen molar-refractivity contribution in [3.05, 3.63) is 41.2 Å². The molecule has 0 saturated carbocycles. The van der Waals surface area contributed by atoms with Crippen LogP contribution in [0.4, 0.5) is 0 Å². The maximum Gasteiger partial charge on any atom is 0.269 e. The fourth-order valence-corrected chi connectivity index (χ4v) is 2.59. The molecule has 1 N–H and O–H groups in total. The summed E-state index contributed by atoms with van der Waals surface area (Å²) < 4.78 is 12.8. The van der Waals surface area contributed by atoms with Crippen molar-refractivity contribution in [1.29, 1.82) is 0 Å². The molecule has 2 rings (SSSR count). The Morgan fingerprint density at radius 2 is 1.96 bits per heavy atom. The lowest BCUT2D eigenvalue weighted by Gasteiger charge is -2.13. The van der Waals surface area contributed by atoms with Gasteiger partial charge in [-0.15, -0.1) is 0 Å². The van der Waals surface area contributed by atoms with Crippen molar-refractivity contribution in [1.82, 2.24) is 15.1 Å². The average molecular weight is 373 g/mol. The van der Waals surface area contributed by atoms with Crippen molar-refractivity contribution in [2.75, 3.05) is 13.7 Å². The van der Waals surface area contributed by atoms with E-state index in [-0.39, 0.29) is 11.3 Å². The third-order valence-electron chi connectivity index (χ3n) is 4.32. The Balaban J connectivity index is 2.03. The van der Waals surface area contributed by atoms with E-state index in [1.165, 1.54) is 0 Å². The van der Waals surface area contributed by atoms with Gasteiger partial charge >= 0.3 is 0 Å². The Kier molecular flexibility index (Phi) is 6.88. The van der Waals surface area contributed by atoms with Crippen LogP contribution in [0.15, 0.2) is 24.3 Å². The van der Waals surface area contributed by atoms with E-state index in [2.05, 4.69) is 38.1 Å². The van der Waals surface area contributed by atoms with Crippen LogP contribution in [-0.2, 0) is 19.0 Å². The number of hydrogen-bond donors (Lipinski definition) is 1. The van der Waals surface area contributed by atoms with Gasteiger partial charge in [0.05, 0.1) is 19.4 Å². The summed E-state index contributed by atoms with van der Waals surface area (Å²) in [5, 5.41) is 7.40. The molecule has 0 aliphatic rings. The average Bonchev–Trinajstić information content (AvgIpc) is 3.02. The highest BCUT2D eigenvalue weighted by Gasteiger charge is 2.21. The van der Waals surface area contributed by atoms with E-state index in [1.807, 2.05) is 24.3 Å². The minimum absolute atomic E-state index is 0.0999. The number of nitrogens with zero attached hydrogens (tertiary/aromatic N) is 2. The van der Waals surface area contributed by atoms with Crippen LogP contribution in [0.25, 0.3) is 0 Å². The van der Waals surface area contributed by atoms with Gasteiger partial charge in [-0.25, -0.2) is 0 Å². The van der Waals surface area contributed by atoms with Crippen molar-refractivity contribution in [3.63, 3.8) is 0 Å².